The van der Waals surface area contributed by atoms with Crippen molar-refractivity contribution in [2.24, 2.45) is 17.3 Å². The van der Waals surface area contributed by atoms with Crippen LogP contribution in [0.4, 0.5) is 0 Å². The van der Waals surface area contributed by atoms with E-state index < -0.39 is 51.8 Å². The Bertz CT molecular complexity index is 1520. The number of amides is 2. The molecule has 0 spiro atoms. The van der Waals surface area contributed by atoms with Gasteiger partial charge in [-0.2, -0.15) is 0 Å². The Balaban J connectivity index is -0.000000309. The summed E-state index contributed by atoms with van der Waals surface area (Å²) in [6, 6.07) is -0.486. The molecule has 0 fully saturated rings. The molecule has 0 aromatic heterocycles. The predicted molar refractivity (Wildman–Crippen MR) is 221 cm³/mol. The number of allylic oxidation sites excluding steroid dienone is 1. The molecule has 2 amide bonds. The zero-order chi connectivity index (χ0) is 43.9. The molecular formula is C33H75N7O10S4. The third-order valence-corrected chi connectivity index (χ3v) is 10.5. The molecule has 0 aromatic carbocycles. The van der Waals surface area contributed by atoms with Crippen LogP contribution in [0.15, 0.2) is 11.5 Å². The van der Waals surface area contributed by atoms with Gasteiger partial charge in [0.15, 0.2) is 0 Å². The lowest BCUT2D eigenvalue weighted by molar-refractivity contribution is -0.123. The number of hydrogen-bond acceptors (Lipinski definition) is 11. The lowest BCUT2D eigenvalue weighted by Crippen LogP contribution is -2.41. The zero-order valence-electron chi connectivity index (χ0n) is 35.7. The first-order valence-corrected chi connectivity index (χ1v) is 24.4. The van der Waals surface area contributed by atoms with Crippen LogP contribution in [-0.4, -0.2) is 99.7 Å². The standard InChI is InChI=1S/C9H19NO2S.2C8H18N2O3S.C8H20N2O2S/c1-8(2)10-13(11,12)7-6-9(3,4)5;1-6(2)8(11)9-5-14(12,13)10-7(3)4;1-6(2)9-8(11)5-14(12,13)10-7(3)4;1-7(2)5-9-6-13(11,12)10-8(3)4/h6-8,10H,1-5H3;2*6-7,10H,5H2,1-4H3,(H,9,11);7-10H,5-6H2,1-4H3/b7-6+;;;. The van der Waals surface area contributed by atoms with E-state index in [0.29, 0.717) is 5.92 Å². The van der Waals surface area contributed by atoms with Gasteiger partial charge in [0, 0.05) is 41.5 Å². The topological polar surface area (TPSA) is 255 Å². The van der Waals surface area contributed by atoms with Crippen LogP contribution in [0.2, 0.25) is 0 Å². The molecule has 0 radical (unpaired) electrons. The van der Waals surface area contributed by atoms with E-state index in [2.05, 4.69) is 34.8 Å². The SMILES string of the molecule is CC(C)CNCS(=O)(=O)NC(C)C.CC(C)NC(=O)CS(=O)(=O)NC(C)C.CC(C)NS(=O)(=O)/C=C/C(C)(C)C.CC(C)NS(=O)(=O)CNC(=O)C(C)C. The van der Waals surface area contributed by atoms with Gasteiger partial charge in [-0.25, -0.2) is 52.6 Å². The third-order valence-electron chi connectivity index (χ3n) is 4.97. The molecule has 0 aliphatic rings. The fourth-order valence-corrected chi connectivity index (χ4v) is 8.13. The van der Waals surface area contributed by atoms with E-state index in [9.17, 15) is 43.3 Å². The van der Waals surface area contributed by atoms with Gasteiger partial charge in [-0.15, -0.1) is 0 Å². The van der Waals surface area contributed by atoms with Crippen molar-refractivity contribution in [1.82, 2.24) is 34.8 Å². The molecule has 0 atom stereocenters. The van der Waals surface area contributed by atoms with E-state index in [4.69, 9.17) is 0 Å². The van der Waals surface area contributed by atoms with Crippen molar-refractivity contribution in [2.75, 3.05) is 24.1 Å². The van der Waals surface area contributed by atoms with E-state index in [1.807, 2.05) is 34.6 Å². The minimum Gasteiger partial charge on any atom is -0.353 e. The highest BCUT2D eigenvalue weighted by Crippen LogP contribution is 2.15. The molecule has 17 nitrogen and oxygen atoms in total. The number of sulfonamides is 4. The van der Waals surface area contributed by atoms with Crippen LogP contribution >= 0.6 is 0 Å². The Morgan fingerprint density at radius 1 is 0.556 bits per heavy atom. The molecule has 21 heteroatoms. The Hall–Kier alpha value is -1.72. The Morgan fingerprint density at radius 2 is 0.944 bits per heavy atom. The van der Waals surface area contributed by atoms with Gasteiger partial charge < -0.3 is 16.0 Å². The van der Waals surface area contributed by atoms with Crippen LogP contribution in [-0.2, 0) is 49.7 Å². The highest BCUT2D eigenvalue weighted by molar-refractivity contribution is 7.92. The first-order chi connectivity index (χ1) is 23.9. The van der Waals surface area contributed by atoms with Crippen LogP contribution in [0.5, 0.6) is 0 Å². The molecule has 0 heterocycles. The van der Waals surface area contributed by atoms with Crippen molar-refractivity contribution in [3.05, 3.63) is 11.5 Å². The summed E-state index contributed by atoms with van der Waals surface area (Å²) in [5.41, 5.74) is -0.105. The van der Waals surface area contributed by atoms with E-state index in [0.717, 1.165) is 6.54 Å². The van der Waals surface area contributed by atoms with Crippen LogP contribution < -0.4 is 34.8 Å². The van der Waals surface area contributed by atoms with E-state index in [1.54, 1.807) is 89.2 Å². The van der Waals surface area contributed by atoms with E-state index in [1.165, 1.54) is 5.41 Å². The van der Waals surface area contributed by atoms with Crippen molar-refractivity contribution in [2.45, 2.75) is 148 Å². The van der Waals surface area contributed by atoms with Gasteiger partial charge in [0.1, 0.15) is 17.5 Å². The summed E-state index contributed by atoms with van der Waals surface area (Å²) in [5.74, 6) is -1.35. The maximum Gasteiger partial charge on any atom is 0.236 e. The molecule has 0 aromatic rings. The molecular weight excluding hydrogens is 783 g/mol. The largest absolute Gasteiger partial charge is 0.353 e. The molecule has 7 N–H and O–H groups in total. The first kappa shape index (κ1) is 59.0. The van der Waals surface area contributed by atoms with Crippen LogP contribution in [0.25, 0.3) is 0 Å². The summed E-state index contributed by atoms with van der Waals surface area (Å²) < 4.78 is 99.8. The lowest BCUT2D eigenvalue weighted by atomic mass is 9.98. The van der Waals surface area contributed by atoms with Crippen molar-refractivity contribution in [3.8, 4) is 0 Å². The van der Waals surface area contributed by atoms with Gasteiger partial charge in [0.25, 0.3) is 0 Å². The summed E-state index contributed by atoms with van der Waals surface area (Å²) >= 11 is 0. The molecule has 0 aliphatic carbocycles. The number of nitrogens with one attached hydrogen (secondary N) is 7. The van der Waals surface area contributed by atoms with Crippen molar-refractivity contribution < 1.29 is 43.3 Å². The molecule has 0 saturated carbocycles. The fraction of sp³-hybridized carbons (Fsp3) is 0.879. The monoisotopic (exact) mass is 857 g/mol. The van der Waals surface area contributed by atoms with E-state index in [-0.39, 0.29) is 59.2 Å². The molecule has 0 aliphatic heterocycles. The second-order valence-corrected chi connectivity index (χ2v) is 22.7. The average molecular weight is 858 g/mol. The number of carbonyl (C=O) groups is 2. The van der Waals surface area contributed by atoms with Crippen LogP contribution in [0.3, 0.4) is 0 Å². The molecule has 326 valence electrons. The number of rotatable bonds is 19. The lowest BCUT2D eigenvalue weighted by Gasteiger charge is -2.12. The van der Waals surface area contributed by atoms with Crippen LogP contribution in [0.1, 0.15) is 118 Å². The van der Waals surface area contributed by atoms with E-state index >= 15 is 0 Å². The highest BCUT2D eigenvalue weighted by Gasteiger charge is 2.18. The minimum atomic E-state index is -3.49. The zero-order valence-corrected chi connectivity index (χ0v) is 39.0. The van der Waals surface area contributed by atoms with Crippen molar-refractivity contribution in [3.63, 3.8) is 0 Å². The summed E-state index contributed by atoms with van der Waals surface area (Å²) in [7, 11) is -13.3. The molecule has 0 unspecified atom stereocenters. The van der Waals surface area contributed by atoms with Gasteiger partial charge in [-0.3, -0.25) is 9.59 Å². The number of carbonyl (C=O) groups excluding carboxylic acids is 2. The Morgan fingerprint density at radius 3 is 1.28 bits per heavy atom. The normalized spacial score (nSPS) is 12.8. The maximum atomic E-state index is 11.3. The highest BCUT2D eigenvalue weighted by atomic mass is 32.2. The molecule has 0 bridgehead atoms. The molecule has 54 heavy (non-hydrogen) atoms. The van der Waals surface area contributed by atoms with Gasteiger partial charge in [-0.05, 0) is 87.1 Å². The van der Waals surface area contributed by atoms with Gasteiger partial charge >= 0.3 is 0 Å². The van der Waals surface area contributed by atoms with Crippen LogP contribution in [0, 0.1) is 17.3 Å². The fourth-order valence-electron chi connectivity index (χ4n) is 3.25. The molecule has 0 saturated heterocycles. The smallest absolute Gasteiger partial charge is 0.236 e. The summed E-state index contributed by atoms with van der Waals surface area (Å²) in [4.78, 5) is 22.2. The second-order valence-electron chi connectivity index (χ2n) is 15.8. The van der Waals surface area contributed by atoms with Gasteiger partial charge in [0.2, 0.25) is 51.9 Å². The average Bonchev–Trinajstić information content (AvgIpc) is 2.87. The van der Waals surface area contributed by atoms with Crippen molar-refractivity contribution in [1.29, 1.82) is 0 Å². The quantitative estimate of drug-likeness (QED) is 0.0992. The minimum absolute atomic E-state index is 0.00333. The first-order valence-electron chi connectivity index (χ1n) is 17.9. The Kier molecular flexibility index (Phi) is 30.4. The number of hydrogen-bond donors (Lipinski definition) is 7. The van der Waals surface area contributed by atoms with Gasteiger partial charge in [-0.1, -0.05) is 54.5 Å². The summed E-state index contributed by atoms with van der Waals surface area (Å²) in [6.07, 6.45) is 1.68. The Labute approximate surface area is 329 Å². The summed E-state index contributed by atoms with van der Waals surface area (Å²) in [6.45, 7) is 31.7. The maximum absolute atomic E-state index is 11.3. The van der Waals surface area contributed by atoms with Gasteiger partial charge in [0.05, 0.1) is 0 Å². The predicted octanol–water partition coefficient (Wildman–Crippen LogP) is 2.27. The third kappa shape index (κ3) is 46.4. The molecule has 0 rings (SSSR count). The summed E-state index contributed by atoms with van der Waals surface area (Å²) in [5, 5.41) is 8.96. The second kappa shape index (κ2) is 27.8. The van der Waals surface area contributed by atoms with Crippen molar-refractivity contribution >= 4 is 51.9 Å².